The van der Waals surface area contributed by atoms with Crippen LogP contribution in [-0.2, 0) is 133 Å². The molecule has 0 spiro atoms. The number of hydrogen-bond donors (Lipinski definition) is 7. The molecule has 0 saturated carbocycles. The summed E-state index contributed by atoms with van der Waals surface area (Å²) in [6, 6.07) is 4.62. The lowest BCUT2D eigenvalue weighted by Crippen LogP contribution is -2.36. The summed E-state index contributed by atoms with van der Waals surface area (Å²) in [6.07, 6.45) is 3.67. The molecule has 2 heterocycles. The van der Waals surface area contributed by atoms with E-state index < -0.39 is 42.1 Å². The molecule has 0 aromatic heterocycles. The van der Waals surface area contributed by atoms with E-state index in [9.17, 15) is 38.4 Å². The number of benzene rings is 1. The monoisotopic (exact) mass is 1740 g/mol. The molecule has 2 aliphatic rings. The van der Waals surface area contributed by atoms with E-state index in [1.165, 1.54) is 18.2 Å². The number of rotatable bonds is 84. The molecule has 39 nitrogen and oxygen atoms in total. The second kappa shape index (κ2) is 74.4. The predicted octanol–water partition coefficient (Wildman–Crippen LogP) is 1.55. The number of esters is 2. The molecule has 40 heteroatoms. The van der Waals surface area contributed by atoms with Crippen LogP contribution in [0.1, 0.15) is 96.8 Å². The van der Waals surface area contributed by atoms with Crippen molar-refractivity contribution in [2.24, 2.45) is 0 Å². The zero-order valence-corrected chi connectivity index (χ0v) is 72.6. The van der Waals surface area contributed by atoms with Crippen LogP contribution >= 0.6 is 11.8 Å². The smallest absolute Gasteiger partial charge is 0.315 e. The van der Waals surface area contributed by atoms with E-state index in [-0.39, 0.29) is 157 Å². The van der Waals surface area contributed by atoms with Gasteiger partial charge in [-0.3, -0.25) is 33.6 Å². The van der Waals surface area contributed by atoms with Crippen LogP contribution in [0.3, 0.4) is 0 Å². The van der Waals surface area contributed by atoms with Crippen molar-refractivity contribution in [1.29, 1.82) is 0 Å². The van der Waals surface area contributed by atoms with Crippen LogP contribution in [0.25, 0.3) is 0 Å². The zero-order chi connectivity index (χ0) is 86.7. The average Bonchev–Trinajstić information content (AvgIpc) is 1.67. The number of unbranched alkanes of at least 4 members (excludes halogenated alkanes) is 1. The number of hydrogen-bond acceptors (Lipinski definition) is 33. The number of carbonyl (C=O) groups is 8. The third kappa shape index (κ3) is 67.4. The predicted molar refractivity (Wildman–Crippen MR) is 438 cm³/mol. The SMILES string of the molecule is CC(C)(C)OC(=O)CCOCCOCCOCCOCCNC(=O)COc1cc(OCC(=O)NCCOCCOCCOCCOCCC(=O)OC(C)(C)C)cc(C(=O)NCCNC(=O)CCOCCOCCOCCOCCOCCOCCOCCOCCOCCOCCOCCOCCNC(=O)CCCC[C@@H]2SC[C@@H]3NC(=O)N[C@@H]32)c1. The number of ether oxygens (including phenoxy) is 24. The Kier molecular flexibility index (Phi) is 67.0. The third-order valence-corrected chi connectivity index (χ3v) is 17.4. The molecule has 0 unspecified atom stereocenters. The van der Waals surface area contributed by atoms with Gasteiger partial charge in [-0.25, -0.2) is 4.79 Å². The highest BCUT2D eigenvalue weighted by molar-refractivity contribution is 8.00. The van der Waals surface area contributed by atoms with Gasteiger partial charge in [-0.15, -0.1) is 0 Å². The third-order valence-electron chi connectivity index (χ3n) is 15.9. The van der Waals surface area contributed by atoms with Crippen LogP contribution < -0.4 is 46.7 Å². The quantitative estimate of drug-likeness (QED) is 0.0276. The maximum atomic E-state index is 13.4. The molecule has 1 aromatic rings. The first-order chi connectivity index (χ1) is 58.3. The Balaban J connectivity index is 1.11. The summed E-state index contributed by atoms with van der Waals surface area (Å²) in [5, 5.41) is 20.1. The number of thioether (sulfide) groups is 1. The van der Waals surface area contributed by atoms with E-state index in [1.807, 2.05) is 53.3 Å². The van der Waals surface area contributed by atoms with Gasteiger partial charge in [0.2, 0.25) is 11.8 Å². The van der Waals surface area contributed by atoms with Gasteiger partial charge in [-0.1, -0.05) is 6.42 Å². The van der Waals surface area contributed by atoms with Crippen LogP contribution in [0.5, 0.6) is 11.5 Å². The molecule has 694 valence electrons. The molecule has 3 rings (SSSR count). The highest BCUT2D eigenvalue weighted by Gasteiger charge is 2.42. The minimum atomic E-state index is -0.540. The van der Waals surface area contributed by atoms with Gasteiger partial charge in [-0.2, -0.15) is 11.8 Å². The van der Waals surface area contributed by atoms with Crippen LogP contribution in [0, 0.1) is 0 Å². The number of amides is 7. The summed E-state index contributed by atoms with van der Waals surface area (Å²) in [5.74, 6) is -1.21. The second-order valence-electron chi connectivity index (χ2n) is 28.5. The summed E-state index contributed by atoms with van der Waals surface area (Å²) in [7, 11) is 0. The number of fused-ring (bicyclic) bond motifs is 1. The Hall–Kier alpha value is -6.07. The van der Waals surface area contributed by atoms with Gasteiger partial charge in [0.25, 0.3) is 17.7 Å². The van der Waals surface area contributed by atoms with E-state index in [0.29, 0.717) is 230 Å². The van der Waals surface area contributed by atoms with Gasteiger partial charge in [0.05, 0.1) is 289 Å². The fraction of sp³-hybridized carbons (Fsp3) is 0.825. The van der Waals surface area contributed by atoms with Crippen molar-refractivity contribution < 1.29 is 152 Å². The van der Waals surface area contributed by atoms with Crippen molar-refractivity contribution in [2.45, 2.75) is 115 Å². The van der Waals surface area contributed by atoms with E-state index in [1.54, 1.807) is 0 Å². The first-order valence-electron chi connectivity index (χ1n) is 41.7. The molecule has 7 N–H and O–H groups in total. The average molecular weight is 1750 g/mol. The molecular formula is C80H141N7O32S. The molecule has 2 fully saturated rings. The topological polar surface area (TPSA) is 442 Å². The standard InChI is InChI=1S/C80H141N7O32S/c1-79(2,3)118-74(92)12-20-97-26-32-103-37-40-106-35-29-100-23-17-83-72(90)62-116-66-59-65(60-67(61-66)117-63-73(91)84-18-24-101-30-36-107-41-38-104-33-27-98-21-13-75(93)119-80(4,5)6)77(94)85-15-14-81-71(89)11-19-96-25-31-102-39-43-108-45-47-110-49-51-112-53-55-114-57-58-115-56-54-113-52-50-111-48-46-109-44-42-105-34-28-99-22-16-82-70(88)10-8-7-9-69-76-68(64-120-69)86-78(95)87-76/h59-61,68-69,76H,7-58,62-64H2,1-6H3,(H,81,89)(H,82,88)(H,83,90)(H,84,91)(H,85,94)(H2,86,87,95)/t68-,69-,76-/m0/s1. The van der Waals surface area contributed by atoms with Crippen LogP contribution in [0.2, 0.25) is 0 Å². The van der Waals surface area contributed by atoms with Gasteiger partial charge in [0.15, 0.2) is 13.2 Å². The Morgan fingerprint density at radius 1 is 0.333 bits per heavy atom. The molecular weight excluding hydrogens is 1600 g/mol. The first kappa shape index (κ1) is 108. The molecule has 0 bridgehead atoms. The van der Waals surface area contributed by atoms with Crippen LogP contribution in [-0.4, -0.2) is 392 Å². The summed E-state index contributed by atoms with van der Waals surface area (Å²) in [5.41, 5.74) is -0.979. The molecule has 1 aromatic carbocycles. The van der Waals surface area contributed by atoms with E-state index >= 15 is 0 Å². The van der Waals surface area contributed by atoms with Crippen molar-refractivity contribution >= 4 is 59.3 Å². The van der Waals surface area contributed by atoms with Gasteiger partial charge in [-0.05, 0) is 66.5 Å². The highest BCUT2D eigenvalue weighted by atomic mass is 32.2. The Labute approximate surface area is 711 Å². The van der Waals surface area contributed by atoms with Gasteiger partial charge in [0, 0.05) is 68.2 Å². The lowest BCUT2D eigenvalue weighted by Gasteiger charge is -2.19. The molecule has 2 aliphatic heterocycles. The molecule has 3 atom stereocenters. The van der Waals surface area contributed by atoms with E-state index in [0.717, 1.165) is 25.0 Å². The second-order valence-corrected chi connectivity index (χ2v) is 29.7. The number of nitrogens with one attached hydrogen (secondary N) is 7. The van der Waals surface area contributed by atoms with Crippen molar-refractivity contribution in [2.75, 3.05) is 316 Å². The summed E-state index contributed by atoms with van der Waals surface area (Å²) < 4.78 is 132. The number of carbonyl (C=O) groups excluding carboxylic acids is 8. The van der Waals surface area contributed by atoms with Crippen molar-refractivity contribution in [3.8, 4) is 11.5 Å². The lowest BCUT2D eigenvalue weighted by molar-refractivity contribution is -0.157. The fourth-order valence-corrected chi connectivity index (χ4v) is 11.8. The fourth-order valence-electron chi connectivity index (χ4n) is 10.3. The minimum absolute atomic E-state index is 0.0252. The van der Waals surface area contributed by atoms with Crippen molar-refractivity contribution in [1.82, 2.24) is 37.2 Å². The van der Waals surface area contributed by atoms with Crippen LogP contribution in [0.15, 0.2) is 18.2 Å². The van der Waals surface area contributed by atoms with E-state index in [4.69, 9.17) is 114 Å². The van der Waals surface area contributed by atoms with Gasteiger partial charge < -0.3 is 151 Å². The Bertz CT molecular complexity index is 2690. The van der Waals surface area contributed by atoms with Crippen molar-refractivity contribution in [3.63, 3.8) is 0 Å². The minimum Gasteiger partial charge on any atom is -0.484 e. The first-order valence-corrected chi connectivity index (χ1v) is 42.7. The Morgan fingerprint density at radius 3 is 0.950 bits per heavy atom. The molecule has 0 radical (unpaired) electrons. The largest absolute Gasteiger partial charge is 0.484 e. The van der Waals surface area contributed by atoms with Gasteiger partial charge >= 0.3 is 18.0 Å². The maximum Gasteiger partial charge on any atom is 0.315 e. The molecule has 120 heavy (non-hydrogen) atoms. The molecule has 0 aliphatic carbocycles. The summed E-state index contributed by atoms with van der Waals surface area (Å²) in [6.45, 7) is 25.6. The Morgan fingerprint density at radius 2 is 0.617 bits per heavy atom. The van der Waals surface area contributed by atoms with Gasteiger partial charge in [0.1, 0.15) is 22.7 Å². The molecule has 7 amide bonds. The normalized spacial score (nSPS) is 14.4. The zero-order valence-electron chi connectivity index (χ0n) is 71.8. The summed E-state index contributed by atoms with van der Waals surface area (Å²) >= 11 is 1.89. The summed E-state index contributed by atoms with van der Waals surface area (Å²) in [4.78, 5) is 98.6. The number of urea groups is 1. The maximum absolute atomic E-state index is 13.4. The van der Waals surface area contributed by atoms with E-state index in [2.05, 4.69) is 37.2 Å². The highest BCUT2D eigenvalue weighted by Crippen LogP contribution is 2.33. The van der Waals surface area contributed by atoms with Crippen molar-refractivity contribution in [3.05, 3.63) is 23.8 Å². The van der Waals surface area contributed by atoms with Crippen LogP contribution in [0.4, 0.5) is 4.79 Å². The lowest BCUT2D eigenvalue weighted by atomic mass is 10.0. The molecule has 2 saturated heterocycles.